The van der Waals surface area contributed by atoms with Crippen molar-refractivity contribution < 1.29 is 14.7 Å². The van der Waals surface area contributed by atoms with Crippen LogP contribution in [0, 0.1) is 0 Å². The Hall–Kier alpha value is -2.11. The summed E-state index contributed by atoms with van der Waals surface area (Å²) in [5, 5.41) is 11.3. The first-order valence-corrected chi connectivity index (χ1v) is 3.87. The molecule has 6 heteroatoms. The summed E-state index contributed by atoms with van der Waals surface area (Å²) in [7, 11) is 0. The number of hydrogen-bond donors (Lipinski definition) is 3. The Labute approximate surface area is 77.6 Å². The van der Waals surface area contributed by atoms with E-state index in [-0.39, 0.29) is 17.5 Å². The molecule has 0 aliphatic carbocycles. The summed E-state index contributed by atoms with van der Waals surface area (Å²) in [6.45, 7) is 0. The van der Waals surface area contributed by atoms with Gasteiger partial charge in [0.15, 0.2) is 0 Å². The minimum Gasteiger partial charge on any atom is -0.494 e. The Morgan fingerprint density at radius 1 is 1.29 bits per heavy atom. The maximum absolute atomic E-state index is 11.2. The molecule has 2 heterocycles. The molecular weight excluding hydrogens is 188 g/mol. The standard InChI is InChI=1S/C8H6N2O4/c11-4-1-3-2-5(12)10-8(14)6(3)7(13)9-4/h1H,2H2,(H2,9,11,13)(H,10,12,14). The fourth-order valence-electron chi connectivity index (χ4n) is 1.40. The van der Waals surface area contributed by atoms with Crippen molar-refractivity contribution in [3.05, 3.63) is 27.5 Å². The Morgan fingerprint density at radius 2 is 2.00 bits per heavy atom. The molecule has 0 saturated carbocycles. The molecule has 0 spiro atoms. The number of carbonyl (C=O) groups is 2. The highest BCUT2D eigenvalue weighted by atomic mass is 16.3. The smallest absolute Gasteiger partial charge is 0.263 e. The summed E-state index contributed by atoms with van der Waals surface area (Å²) in [6, 6.07) is 1.13. The summed E-state index contributed by atoms with van der Waals surface area (Å²) in [5.74, 6) is -1.67. The molecule has 2 rings (SSSR count). The van der Waals surface area contributed by atoms with Gasteiger partial charge in [-0.05, 0) is 5.56 Å². The van der Waals surface area contributed by atoms with Crippen LogP contribution in [0.15, 0.2) is 10.9 Å². The van der Waals surface area contributed by atoms with Crippen LogP contribution < -0.4 is 10.9 Å². The van der Waals surface area contributed by atoms with Gasteiger partial charge in [0.05, 0.1) is 6.42 Å². The van der Waals surface area contributed by atoms with Crippen molar-refractivity contribution in [1.82, 2.24) is 10.3 Å². The third kappa shape index (κ3) is 1.17. The highest BCUT2D eigenvalue weighted by molar-refractivity contribution is 6.10. The van der Waals surface area contributed by atoms with E-state index in [9.17, 15) is 19.5 Å². The van der Waals surface area contributed by atoms with Crippen LogP contribution in [-0.2, 0) is 11.2 Å². The van der Waals surface area contributed by atoms with Gasteiger partial charge in [-0.2, -0.15) is 0 Å². The average Bonchev–Trinajstić information content (AvgIpc) is 1.99. The predicted octanol–water partition coefficient (Wildman–Crippen LogP) is -1.11. The normalized spacial score (nSPS) is 14.9. The lowest BCUT2D eigenvalue weighted by Gasteiger charge is -2.14. The molecule has 0 saturated heterocycles. The average molecular weight is 194 g/mol. The number of pyridine rings is 1. The van der Waals surface area contributed by atoms with Gasteiger partial charge < -0.3 is 5.11 Å². The SMILES string of the molecule is O=C1Cc2cc(=O)[nH]c(O)c2C(=O)N1. The molecule has 1 aliphatic rings. The molecule has 14 heavy (non-hydrogen) atoms. The lowest BCUT2D eigenvalue weighted by atomic mass is 10.0. The van der Waals surface area contributed by atoms with Crippen molar-refractivity contribution in [1.29, 1.82) is 0 Å². The number of aromatic hydroxyl groups is 1. The molecule has 0 unspecified atom stereocenters. The van der Waals surface area contributed by atoms with Crippen LogP contribution in [0.25, 0.3) is 0 Å². The third-order valence-corrected chi connectivity index (χ3v) is 1.94. The Balaban J connectivity index is 2.70. The molecule has 0 bridgehead atoms. The first-order chi connectivity index (χ1) is 6.58. The second-order valence-corrected chi connectivity index (χ2v) is 2.94. The Morgan fingerprint density at radius 3 is 2.71 bits per heavy atom. The number of H-pyrrole nitrogens is 1. The predicted molar refractivity (Wildman–Crippen MR) is 44.9 cm³/mol. The van der Waals surface area contributed by atoms with Crippen LogP contribution >= 0.6 is 0 Å². The highest BCUT2D eigenvalue weighted by Gasteiger charge is 2.26. The largest absolute Gasteiger partial charge is 0.494 e. The molecule has 1 aromatic rings. The zero-order chi connectivity index (χ0) is 10.3. The number of amides is 2. The van der Waals surface area contributed by atoms with Crippen molar-refractivity contribution in [3.63, 3.8) is 0 Å². The maximum atomic E-state index is 11.2. The molecule has 0 radical (unpaired) electrons. The van der Waals surface area contributed by atoms with E-state index in [1.807, 2.05) is 5.32 Å². The van der Waals surface area contributed by atoms with Crippen molar-refractivity contribution in [3.8, 4) is 5.88 Å². The molecule has 0 aromatic carbocycles. The number of aromatic nitrogens is 1. The number of nitrogens with one attached hydrogen (secondary N) is 2. The van der Waals surface area contributed by atoms with Crippen LogP contribution in [0.1, 0.15) is 15.9 Å². The lowest BCUT2D eigenvalue weighted by Crippen LogP contribution is -2.38. The zero-order valence-electron chi connectivity index (χ0n) is 6.96. The molecule has 1 aromatic heterocycles. The minimum absolute atomic E-state index is 0.0378. The van der Waals surface area contributed by atoms with Crippen LogP contribution in [0.5, 0.6) is 5.88 Å². The molecule has 3 N–H and O–H groups in total. The van der Waals surface area contributed by atoms with Crippen molar-refractivity contribution in [2.24, 2.45) is 0 Å². The number of rotatable bonds is 0. The first-order valence-electron chi connectivity index (χ1n) is 3.87. The quantitative estimate of drug-likeness (QED) is 0.456. The molecule has 72 valence electrons. The summed E-state index contributed by atoms with van der Waals surface area (Å²) < 4.78 is 0. The monoisotopic (exact) mass is 194 g/mol. The molecule has 0 atom stereocenters. The maximum Gasteiger partial charge on any atom is 0.263 e. The summed E-state index contributed by atoms with van der Waals surface area (Å²) in [6.07, 6.45) is -0.0709. The van der Waals surface area contributed by atoms with Gasteiger partial charge in [-0.3, -0.25) is 24.7 Å². The Kier molecular flexibility index (Phi) is 1.63. The number of fused-ring (bicyclic) bond motifs is 1. The van der Waals surface area contributed by atoms with E-state index in [2.05, 4.69) is 4.98 Å². The van der Waals surface area contributed by atoms with Crippen LogP contribution in [0.2, 0.25) is 0 Å². The van der Waals surface area contributed by atoms with E-state index in [1.165, 1.54) is 0 Å². The van der Waals surface area contributed by atoms with Gasteiger partial charge >= 0.3 is 0 Å². The van der Waals surface area contributed by atoms with Crippen molar-refractivity contribution in [2.45, 2.75) is 6.42 Å². The van der Waals surface area contributed by atoms with E-state index in [1.54, 1.807) is 0 Å². The summed E-state index contributed by atoms with van der Waals surface area (Å²) in [5.41, 5.74) is -0.326. The molecule has 6 nitrogen and oxygen atoms in total. The van der Waals surface area contributed by atoms with Gasteiger partial charge in [-0.1, -0.05) is 0 Å². The van der Waals surface area contributed by atoms with Gasteiger partial charge in [0.2, 0.25) is 11.8 Å². The summed E-state index contributed by atoms with van der Waals surface area (Å²) in [4.78, 5) is 35.1. The Bertz CT molecular complexity index is 489. The molecular formula is C8H6N2O4. The van der Waals surface area contributed by atoms with Crippen LogP contribution in [0.4, 0.5) is 0 Å². The van der Waals surface area contributed by atoms with Gasteiger partial charge in [-0.25, -0.2) is 0 Å². The van der Waals surface area contributed by atoms with E-state index in [4.69, 9.17) is 0 Å². The molecule has 2 amide bonds. The van der Waals surface area contributed by atoms with Crippen molar-refractivity contribution >= 4 is 11.8 Å². The van der Waals surface area contributed by atoms with Crippen LogP contribution in [-0.4, -0.2) is 21.9 Å². The number of aromatic amines is 1. The van der Waals surface area contributed by atoms with Gasteiger partial charge in [0, 0.05) is 6.07 Å². The minimum atomic E-state index is -0.690. The lowest BCUT2D eigenvalue weighted by molar-refractivity contribution is -0.119. The van der Waals surface area contributed by atoms with Crippen LogP contribution in [0.3, 0.4) is 0 Å². The number of imide groups is 1. The molecule has 1 aliphatic heterocycles. The van der Waals surface area contributed by atoms with Crippen molar-refractivity contribution in [2.75, 3.05) is 0 Å². The fourth-order valence-corrected chi connectivity index (χ4v) is 1.40. The van der Waals surface area contributed by atoms with Gasteiger partial charge in [-0.15, -0.1) is 0 Å². The fraction of sp³-hybridized carbons (Fsp3) is 0.125. The highest BCUT2D eigenvalue weighted by Crippen LogP contribution is 2.19. The van der Waals surface area contributed by atoms with E-state index < -0.39 is 23.3 Å². The first kappa shape index (κ1) is 8.49. The second-order valence-electron chi connectivity index (χ2n) is 2.94. The van der Waals surface area contributed by atoms with E-state index in [0.717, 1.165) is 6.07 Å². The van der Waals surface area contributed by atoms with Gasteiger partial charge in [0.1, 0.15) is 5.56 Å². The molecule has 0 fully saturated rings. The van der Waals surface area contributed by atoms with E-state index >= 15 is 0 Å². The van der Waals surface area contributed by atoms with Gasteiger partial charge in [0.25, 0.3) is 11.5 Å². The second kappa shape index (κ2) is 2.69. The third-order valence-electron chi connectivity index (χ3n) is 1.94. The van der Waals surface area contributed by atoms with E-state index in [0.29, 0.717) is 0 Å². The summed E-state index contributed by atoms with van der Waals surface area (Å²) >= 11 is 0. The topological polar surface area (TPSA) is 99.3 Å². The zero-order valence-corrected chi connectivity index (χ0v) is 6.96. The number of hydrogen-bond acceptors (Lipinski definition) is 4. The number of carbonyl (C=O) groups excluding carboxylic acids is 2.